The number of benzene rings is 1. The van der Waals surface area contributed by atoms with E-state index in [1.807, 2.05) is 18.2 Å². The van der Waals surface area contributed by atoms with Gasteiger partial charge in [0.2, 0.25) is 0 Å². The van der Waals surface area contributed by atoms with Crippen LogP contribution in [0.2, 0.25) is 0 Å². The lowest BCUT2D eigenvalue weighted by Crippen LogP contribution is -2.15. The number of carbonyl (C=O) groups is 1. The molecule has 1 aromatic carbocycles. The van der Waals surface area contributed by atoms with E-state index in [0.29, 0.717) is 30.4 Å². The van der Waals surface area contributed by atoms with E-state index in [4.69, 9.17) is 9.47 Å². The molecule has 5 nitrogen and oxygen atoms in total. The molecule has 5 heteroatoms. The van der Waals surface area contributed by atoms with Crippen LogP contribution in [-0.4, -0.2) is 29.5 Å². The van der Waals surface area contributed by atoms with Crippen molar-refractivity contribution < 1.29 is 14.3 Å². The van der Waals surface area contributed by atoms with Crippen LogP contribution in [0.3, 0.4) is 0 Å². The van der Waals surface area contributed by atoms with Crippen LogP contribution in [-0.2, 0) is 0 Å². The zero-order valence-electron chi connectivity index (χ0n) is 8.97. The molecule has 0 saturated heterocycles. The normalized spacial score (nSPS) is 13.4. The number of ether oxygens (including phenoxy) is 2. The van der Waals surface area contributed by atoms with Gasteiger partial charge in [0.05, 0.1) is 12.0 Å². The fraction of sp³-hybridized carbons (Fsp3) is 0.167. The molecule has 17 heavy (non-hydrogen) atoms. The molecule has 3 rings (SSSR count). The summed E-state index contributed by atoms with van der Waals surface area (Å²) in [5.74, 6) is 1.41. The van der Waals surface area contributed by atoms with Gasteiger partial charge in [0.1, 0.15) is 18.9 Å². The van der Waals surface area contributed by atoms with Crippen LogP contribution in [0.15, 0.2) is 24.5 Å². The number of nitrogens with one attached hydrogen (secondary N) is 1. The molecule has 0 spiro atoms. The highest BCUT2D eigenvalue weighted by Crippen LogP contribution is 2.34. The maximum Gasteiger partial charge on any atom is 0.168 e. The minimum Gasteiger partial charge on any atom is -0.486 e. The van der Waals surface area contributed by atoms with Crippen molar-refractivity contribution in [3.05, 3.63) is 30.2 Å². The first-order valence-electron chi connectivity index (χ1n) is 5.27. The number of H-pyrrole nitrogens is 1. The standard InChI is InChI=1S/C12H10N2O3/c15-6-9-12(14-7-13-9)8-1-2-10-11(5-8)17-4-3-16-10/h1-2,5-7H,3-4H2,(H,13,14). The van der Waals surface area contributed by atoms with Crippen molar-refractivity contribution in [2.24, 2.45) is 0 Å². The monoisotopic (exact) mass is 230 g/mol. The van der Waals surface area contributed by atoms with Gasteiger partial charge in [-0.1, -0.05) is 0 Å². The third-order valence-electron chi connectivity index (χ3n) is 2.60. The minimum atomic E-state index is 0.460. The first-order chi connectivity index (χ1) is 8.38. The van der Waals surface area contributed by atoms with E-state index in [1.54, 1.807) is 0 Å². The van der Waals surface area contributed by atoms with Crippen molar-refractivity contribution in [1.29, 1.82) is 0 Å². The summed E-state index contributed by atoms with van der Waals surface area (Å²) < 4.78 is 10.9. The summed E-state index contributed by atoms with van der Waals surface area (Å²) in [6, 6.07) is 5.52. The van der Waals surface area contributed by atoms with Crippen LogP contribution in [0.4, 0.5) is 0 Å². The second kappa shape index (κ2) is 3.93. The number of imidazole rings is 1. The molecule has 0 unspecified atom stereocenters. The van der Waals surface area contributed by atoms with Gasteiger partial charge in [0.15, 0.2) is 17.8 Å². The summed E-state index contributed by atoms with van der Waals surface area (Å²) in [4.78, 5) is 17.7. The molecule has 0 amide bonds. The Labute approximate surface area is 97.4 Å². The molecular weight excluding hydrogens is 220 g/mol. The predicted molar refractivity (Wildman–Crippen MR) is 60.4 cm³/mol. The quantitative estimate of drug-likeness (QED) is 0.797. The highest BCUT2D eigenvalue weighted by atomic mass is 16.6. The number of aromatic amines is 1. The van der Waals surface area contributed by atoms with Gasteiger partial charge in [0.25, 0.3) is 0 Å². The maximum absolute atomic E-state index is 10.8. The van der Waals surface area contributed by atoms with Gasteiger partial charge >= 0.3 is 0 Å². The van der Waals surface area contributed by atoms with Crippen LogP contribution in [0.1, 0.15) is 10.5 Å². The van der Waals surface area contributed by atoms with Gasteiger partial charge in [-0.25, -0.2) is 4.98 Å². The average Bonchev–Trinajstić information content (AvgIpc) is 2.86. The van der Waals surface area contributed by atoms with Crippen LogP contribution < -0.4 is 9.47 Å². The lowest BCUT2D eigenvalue weighted by Gasteiger charge is -2.18. The van der Waals surface area contributed by atoms with Gasteiger partial charge in [0, 0.05) is 5.56 Å². The number of hydrogen-bond donors (Lipinski definition) is 1. The number of aldehydes is 1. The van der Waals surface area contributed by atoms with E-state index < -0.39 is 0 Å². The summed E-state index contributed by atoms with van der Waals surface area (Å²) in [5.41, 5.74) is 1.91. The largest absolute Gasteiger partial charge is 0.486 e. The summed E-state index contributed by atoms with van der Waals surface area (Å²) in [5, 5.41) is 0. The van der Waals surface area contributed by atoms with Crippen LogP contribution in [0, 0.1) is 0 Å². The number of hydrogen-bond acceptors (Lipinski definition) is 4. The lowest BCUT2D eigenvalue weighted by molar-refractivity contribution is 0.112. The van der Waals surface area contributed by atoms with Crippen LogP contribution in [0.5, 0.6) is 11.5 Å². The zero-order valence-corrected chi connectivity index (χ0v) is 8.97. The van der Waals surface area contributed by atoms with Gasteiger partial charge in [-0.15, -0.1) is 0 Å². The van der Waals surface area contributed by atoms with E-state index >= 15 is 0 Å². The van der Waals surface area contributed by atoms with Crippen LogP contribution in [0.25, 0.3) is 11.3 Å². The number of aromatic nitrogens is 2. The number of fused-ring (bicyclic) bond motifs is 1. The SMILES string of the molecule is O=Cc1[nH]cnc1-c1ccc2c(c1)OCCO2. The number of nitrogens with zero attached hydrogens (tertiary/aromatic N) is 1. The minimum absolute atomic E-state index is 0.460. The van der Waals surface area contributed by atoms with Crippen molar-refractivity contribution >= 4 is 6.29 Å². The van der Waals surface area contributed by atoms with Crippen molar-refractivity contribution in [2.45, 2.75) is 0 Å². The van der Waals surface area contributed by atoms with Gasteiger partial charge < -0.3 is 14.5 Å². The zero-order chi connectivity index (χ0) is 11.7. The second-order valence-electron chi connectivity index (χ2n) is 3.64. The molecule has 1 N–H and O–H groups in total. The number of carbonyl (C=O) groups excluding carboxylic acids is 1. The average molecular weight is 230 g/mol. The highest BCUT2D eigenvalue weighted by molar-refractivity contribution is 5.83. The summed E-state index contributed by atoms with van der Waals surface area (Å²) >= 11 is 0. The van der Waals surface area contributed by atoms with Gasteiger partial charge in [-0.3, -0.25) is 4.79 Å². The third kappa shape index (κ3) is 1.65. The number of rotatable bonds is 2. The van der Waals surface area contributed by atoms with E-state index in [2.05, 4.69) is 9.97 Å². The molecule has 0 radical (unpaired) electrons. The van der Waals surface area contributed by atoms with E-state index in [9.17, 15) is 4.79 Å². The Hall–Kier alpha value is -2.30. The van der Waals surface area contributed by atoms with Gasteiger partial charge in [-0.05, 0) is 18.2 Å². The molecule has 0 atom stereocenters. The van der Waals surface area contributed by atoms with Crippen molar-refractivity contribution in [2.75, 3.05) is 13.2 Å². The first-order valence-corrected chi connectivity index (χ1v) is 5.27. The fourth-order valence-corrected chi connectivity index (χ4v) is 1.81. The molecule has 2 heterocycles. The van der Waals surface area contributed by atoms with E-state index in [1.165, 1.54) is 6.33 Å². The molecule has 86 valence electrons. The summed E-state index contributed by atoms with van der Waals surface area (Å²) in [6.45, 7) is 1.10. The molecule has 0 saturated carbocycles. The smallest absolute Gasteiger partial charge is 0.168 e. The molecule has 1 aliphatic heterocycles. The maximum atomic E-state index is 10.8. The molecular formula is C12H10N2O3. The summed E-state index contributed by atoms with van der Waals surface area (Å²) in [6.07, 6.45) is 2.25. The molecule has 1 aliphatic rings. The Balaban J connectivity index is 2.07. The summed E-state index contributed by atoms with van der Waals surface area (Å²) in [7, 11) is 0. The fourth-order valence-electron chi connectivity index (χ4n) is 1.81. The predicted octanol–water partition coefficient (Wildman–Crippen LogP) is 1.66. The molecule has 0 bridgehead atoms. The highest BCUT2D eigenvalue weighted by Gasteiger charge is 2.14. The van der Waals surface area contributed by atoms with Crippen molar-refractivity contribution in [1.82, 2.24) is 9.97 Å². The molecule has 0 aliphatic carbocycles. The second-order valence-corrected chi connectivity index (χ2v) is 3.64. The Kier molecular flexibility index (Phi) is 2.29. The Bertz CT molecular complexity index is 563. The molecule has 1 aromatic heterocycles. The molecule has 0 fully saturated rings. The lowest BCUT2D eigenvalue weighted by atomic mass is 10.1. The Morgan fingerprint density at radius 1 is 1.24 bits per heavy atom. The van der Waals surface area contributed by atoms with Crippen molar-refractivity contribution in [3.63, 3.8) is 0 Å². The first kappa shape index (κ1) is 9.89. The third-order valence-corrected chi connectivity index (χ3v) is 2.60. The Morgan fingerprint density at radius 2 is 2.06 bits per heavy atom. The Morgan fingerprint density at radius 3 is 2.88 bits per heavy atom. The van der Waals surface area contributed by atoms with Crippen molar-refractivity contribution in [3.8, 4) is 22.8 Å². The van der Waals surface area contributed by atoms with Gasteiger partial charge in [-0.2, -0.15) is 0 Å². The topological polar surface area (TPSA) is 64.2 Å². The van der Waals surface area contributed by atoms with Crippen LogP contribution >= 0.6 is 0 Å². The van der Waals surface area contributed by atoms with E-state index in [0.717, 1.165) is 17.6 Å². The van der Waals surface area contributed by atoms with E-state index in [-0.39, 0.29) is 0 Å². The molecule has 2 aromatic rings.